The third-order valence-corrected chi connectivity index (χ3v) is 3.47. The number of aryl methyl sites for hydroxylation is 1. The smallest absolute Gasteiger partial charge is 0.316 e. The van der Waals surface area contributed by atoms with Crippen LogP contribution in [0, 0.1) is 6.92 Å². The molecule has 6 nitrogen and oxygen atoms in total. The maximum absolute atomic E-state index is 11.2. The summed E-state index contributed by atoms with van der Waals surface area (Å²) >= 11 is 1.26. The first-order valence-electron chi connectivity index (χ1n) is 6.67. The monoisotopic (exact) mass is 306 g/mol. The van der Waals surface area contributed by atoms with Crippen LogP contribution in [0.1, 0.15) is 18.3 Å². The van der Waals surface area contributed by atoms with E-state index in [4.69, 9.17) is 4.74 Å². The lowest BCUT2D eigenvalue weighted by Gasteiger charge is -2.03. The highest BCUT2D eigenvalue weighted by atomic mass is 32.2. The molecule has 0 radical (unpaired) electrons. The number of anilines is 1. The summed E-state index contributed by atoms with van der Waals surface area (Å²) in [6.45, 7) is 4.77. The first-order valence-corrected chi connectivity index (χ1v) is 7.66. The van der Waals surface area contributed by atoms with Crippen LogP contribution in [-0.4, -0.2) is 33.5 Å². The van der Waals surface area contributed by atoms with Gasteiger partial charge in [0.15, 0.2) is 0 Å². The minimum Gasteiger partial charge on any atom is -0.465 e. The van der Waals surface area contributed by atoms with Crippen LogP contribution in [0.25, 0.3) is 0 Å². The molecule has 0 aliphatic rings. The van der Waals surface area contributed by atoms with Gasteiger partial charge in [-0.1, -0.05) is 29.5 Å². The van der Waals surface area contributed by atoms with Crippen LogP contribution in [-0.2, 0) is 16.1 Å². The number of thioether (sulfide) groups is 1. The predicted octanol–water partition coefficient (Wildman–Crippen LogP) is 2.38. The minimum atomic E-state index is -0.258. The molecular formula is C14H18N4O2S. The predicted molar refractivity (Wildman–Crippen MR) is 82.2 cm³/mol. The topological polar surface area (TPSA) is 79.9 Å². The Balaban J connectivity index is 1.80. The number of H-pyrrole nitrogens is 1. The van der Waals surface area contributed by atoms with Crippen molar-refractivity contribution in [2.75, 3.05) is 17.7 Å². The maximum Gasteiger partial charge on any atom is 0.316 e. The van der Waals surface area contributed by atoms with E-state index in [-0.39, 0.29) is 11.7 Å². The molecule has 0 bridgehead atoms. The van der Waals surface area contributed by atoms with Crippen molar-refractivity contribution < 1.29 is 9.53 Å². The molecule has 2 aromatic rings. The number of carbonyl (C=O) groups is 1. The quantitative estimate of drug-likeness (QED) is 0.604. The van der Waals surface area contributed by atoms with E-state index in [9.17, 15) is 4.79 Å². The Bertz CT molecular complexity index is 583. The third kappa shape index (κ3) is 5.11. The third-order valence-electron chi connectivity index (χ3n) is 2.65. The Morgan fingerprint density at radius 2 is 2.14 bits per heavy atom. The van der Waals surface area contributed by atoms with Crippen molar-refractivity contribution in [1.82, 2.24) is 15.2 Å². The summed E-state index contributed by atoms with van der Waals surface area (Å²) < 4.78 is 4.85. The van der Waals surface area contributed by atoms with Crippen LogP contribution in [0.3, 0.4) is 0 Å². The van der Waals surface area contributed by atoms with Gasteiger partial charge in [0.05, 0.1) is 18.9 Å². The van der Waals surface area contributed by atoms with Crippen molar-refractivity contribution in [2.24, 2.45) is 0 Å². The average Bonchev–Trinajstić information content (AvgIpc) is 2.93. The molecule has 1 aromatic carbocycles. The fraction of sp³-hybridized carbons (Fsp3) is 0.357. The number of hydrogen-bond donors (Lipinski definition) is 2. The SMILES string of the molecule is CCOC(=O)CSc1n[nH]c(CNc2ccc(C)cc2)n1. The molecule has 2 rings (SSSR count). The second kappa shape index (κ2) is 7.68. The molecule has 2 N–H and O–H groups in total. The highest BCUT2D eigenvalue weighted by molar-refractivity contribution is 7.99. The molecule has 0 unspecified atom stereocenters. The largest absolute Gasteiger partial charge is 0.465 e. The molecular weight excluding hydrogens is 288 g/mol. The fourth-order valence-corrected chi connectivity index (χ4v) is 2.22. The number of esters is 1. The number of hydrogen-bond acceptors (Lipinski definition) is 6. The van der Waals surface area contributed by atoms with Crippen LogP contribution >= 0.6 is 11.8 Å². The molecule has 0 saturated heterocycles. The second-order valence-corrected chi connectivity index (χ2v) is 5.32. The number of nitrogens with one attached hydrogen (secondary N) is 2. The van der Waals surface area contributed by atoms with Gasteiger partial charge in [0, 0.05) is 5.69 Å². The molecule has 112 valence electrons. The van der Waals surface area contributed by atoms with Crippen LogP contribution in [0.2, 0.25) is 0 Å². The molecule has 0 aliphatic carbocycles. The number of carbonyl (C=O) groups excluding carboxylic acids is 1. The fourth-order valence-electron chi connectivity index (χ4n) is 1.60. The van der Waals surface area contributed by atoms with Crippen LogP contribution in [0.5, 0.6) is 0 Å². The summed E-state index contributed by atoms with van der Waals surface area (Å²) in [5.41, 5.74) is 2.25. The van der Waals surface area contributed by atoms with Gasteiger partial charge in [0.1, 0.15) is 5.82 Å². The Hall–Kier alpha value is -2.02. The molecule has 7 heteroatoms. The first kappa shape index (κ1) is 15.4. The van der Waals surface area contributed by atoms with Gasteiger partial charge in [0.25, 0.3) is 0 Å². The molecule has 0 saturated carbocycles. The highest BCUT2D eigenvalue weighted by Crippen LogP contribution is 2.13. The Labute approximate surface area is 127 Å². The number of nitrogens with zero attached hydrogens (tertiary/aromatic N) is 2. The van der Waals surface area contributed by atoms with Crippen molar-refractivity contribution in [1.29, 1.82) is 0 Å². The molecule has 0 atom stereocenters. The van der Waals surface area contributed by atoms with Crippen molar-refractivity contribution >= 4 is 23.4 Å². The maximum atomic E-state index is 11.2. The number of ether oxygens (including phenoxy) is 1. The van der Waals surface area contributed by atoms with E-state index in [1.165, 1.54) is 17.3 Å². The van der Waals surface area contributed by atoms with Crippen molar-refractivity contribution in [2.45, 2.75) is 25.5 Å². The summed E-state index contributed by atoms with van der Waals surface area (Å²) in [7, 11) is 0. The molecule has 1 heterocycles. The van der Waals surface area contributed by atoms with Crippen LogP contribution in [0.15, 0.2) is 29.4 Å². The molecule has 0 spiro atoms. The molecule has 21 heavy (non-hydrogen) atoms. The molecule has 0 fully saturated rings. The lowest BCUT2D eigenvalue weighted by atomic mass is 10.2. The summed E-state index contributed by atoms with van der Waals surface area (Å²) in [6.07, 6.45) is 0. The van der Waals surface area contributed by atoms with Gasteiger partial charge in [-0.2, -0.15) is 0 Å². The van der Waals surface area contributed by atoms with E-state index in [2.05, 4.69) is 20.5 Å². The Kier molecular flexibility index (Phi) is 5.62. The van der Waals surface area contributed by atoms with E-state index in [1.807, 2.05) is 31.2 Å². The summed E-state index contributed by atoms with van der Waals surface area (Å²) in [5, 5.41) is 10.7. The lowest BCUT2D eigenvalue weighted by Crippen LogP contribution is -2.06. The lowest BCUT2D eigenvalue weighted by molar-refractivity contribution is -0.139. The molecule has 0 aliphatic heterocycles. The van der Waals surface area contributed by atoms with Crippen LogP contribution in [0.4, 0.5) is 5.69 Å². The van der Waals surface area contributed by atoms with Gasteiger partial charge in [-0.15, -0.1) is 5.10 Å². The van der Waals surface area contributed by atoms with Crippen molar-refractivity contribution in [3.8, 4) is 0 Å². The highest BCUT2D eigenvalue weighted by Gasteiger charge is 2.08. The number of aromatic nitrogens is 3. The van der Waals surface area contributed by atoms with Gasteiger partial charge >= 0.3 is 5.97 Å². The van der Waals surface area contributed by atoms with Gasteiger partial charge in [-0.05, 0) is 26.0 Å². The van der Waals surface area contributed by atoms with E-state index in [0.29, 0.717) is 18.3 Å². The minimum absolute atomic E-state index is 0.219. The van der Waals surface area contributed by atoms with Gasteiger partial charge in [-0.3, -0.25) is 9.89 Å². The zero-order chi connectivity index (χ0) is 15.1. The van der Waals surface area contributed by atoms with E-state index in [0.717, 1.165) is 11.5 Å². The van der Waals surface area contributed by atoms with E-state index >= 15 is 0 Å². The average molecular weight is 306 g/mol. The van der Waals surface area contributed by atoms with E-state index < -0.39 is 0 Å². The zero-order valence-corrected chi connectivity index (χ0v) is 12.9. The number of benzene rings is 1. The van der Waals surface area contributed by atoms with Crippen molar-refractivity contribution in [3.63, 3.8) is 0 Å². The number of aromatic amines is 1. The standard InChI is InChI=1S/C14H18N4O2S/c1-3-20-13(19)9-21-14-16-12(17-18-14)8-15-11-6-4-10(2)5-7-11/h4-7,15H,3,8-9H2,1-2H3,(H,16,17,18). The summed E-state index contributed by atoms with van der Waals surface area (Å²) in [5.74, 6) is 0.685. The molecule has 1 aromatic heterocycles. The second-order valence-electron chi connectivity index (χ2n) is 4.38. The molecule has 0 amide bonds. The first-order chi connectivity index (χ1) is 10.2. The summed E-state index contributed by atoms with van der Waals surface area (Å²) in [4.78, 5) is 15.5. The van der Waals surface area contributed by atoms with Crippen molar-refractivity contribution in [3.05, 3.63) is 35.7 Å². The zero-order valence-electron chi connectivity index (χ0n) is 12.0. The van der Waals surface area contributed by atoms with Gasteiger partial charge < -0.3 is 10.1 Å². The Morgan fingerprint density at radius 3 is 2.86 bits per heavy atom. The Morgan fingerprint density at radius 1 is 1.38 bits per heavy atom. The normalized spacial score (nSPS) is 10.4. The van der Waals surface area contributed by atoms with Gasteiger partial charge in [-0.25, -0.2) is 4.98 Å². The van der Waals surface area contributed by atoms with Gasteiger partial charge in [0.2, 0.25) is 5.16 Å². The summed E-state index contributed by atoms with van der Waals surface area (Å²) in [6, 6.07) is 8.12. The van der Waals surface area contributed by atoms with E-state index in [1.54, 1.807) is 6.92 Å². The van der Waals surface area contributed by atoms with Crippen LogP contribution < -0.4 is 5.32 Å². The number of rotatable bonds is 7.